The molecule has 2 heteroatoms. The molecule has 0 radical (unpaired) electrons. The summed E-state index contributed by atoms with van der Waals surface area (Å²) in [5.74, 6) is 0. The van der Waals surface area contributed by atoms with Crippen LogP contribution in [0.3, 0.4) is 0 Å². The number of para-hydroxylation sites is 2. The van der Waals surface area contributed by atoms with Crippen molar-refractivity contribution in [2.24, 2.45) is 0 Å². The number of rotatable bonds is 1. The Hall–Kier alpha value is -2.11. The van der Waals surface area contributed by atoms with E-state index in [0.717, 1.165) is 0 Å². The van der Waals surface area contributed by atoms with Gasteiger partial charge in [-0.05, 0) is 29.6 Å². The fourth-order valence-electron chi connectivity index (χ4n) is 2.82. The largest absolute Gasteiger partial charge is 0.309 e. The lowest BCUT2D eigenvalue weighted by molar-refractivity contribution is 1.18. The van der Waals surface area contributed by atoms with E-state index < -0.39 is 0 Å². The van der Waals surface area contributed by atoms with Gasteiger partial charge >= 0.3 is 0 Å². The molecule has 0 amide bonds. The van der Waals surface area contributed by atoms with E-state index in [2.05, 4.69) is 86.6 Å². The van der Waals surface area contributed by atoms with Gasteiger partial charge in [-0.2, -0.15) is 0 Å². The van der Waals surface area contributed by atoms with E-state index in [1.54, 1.807) is 0 Å². The van der Waals surface area contributed by atoms with Gasteiger partial charge < -0.3 is 4.57 Å². The lowest BCUT2D eigenvalue weighted by atomic mass is 10.2. The average Bonchev–Trinajstić information content (AvgIpc) is 2.83. The van der Waals surface area contributed by atoms with E-state index in [1.807, 2.05) is 0 Å². The van der Waals surface area contributed by atoms with Crippen molar-refractivity contribution in [3.8, 4) is 5.69 Å². The van der Waals surface area contributed by atoms with Gasteiger partial charge in [0.25, 0.3) is 0 Å². The van der Waals surface area contributed by atoms with Crippen LogP contribution in [0.15, 0.2) is 72.8 Å². The molecule has 1 unspecified atom stereocenters. The molecule has 0 saturated heterocycles. The first kappa shape index (κ1) is 11.7. The molecular weight excluding hydrogens is 261 g/mol. The highest BCUT2D eigenvalue weighted by Gasteiger charge is 2.10. The summed E-state index contributed by atoms with van der Waals surface area (Å²) in [6, 6.07) is 25.7. The number of nitrogens with zero attached hydrogens (tertiary/aromatic N) is 1. The monoisotopic (exact) mass is 275 g/mol. The second-order valence-corrected chi connectivity index (χ2v) is 5.63. The van der Waals surface area contributed by atoms with E-state index in [1.165, 1.54) is 32.8 Å². The minimum Gasteiger partial charge on any atom is -0.309 e. The molecule has 0 aliphatic rings. The molecule has 1 aromatic heterocycles. The zero-order valence-electron chi connectivity index (χ0n) is 11.0. The van der Waals surface area contributed by atoms with Crippen molar-refractivity contribution in [1.82, 2.24) is 4.57 Å². The normalized spacial score (nSPS) is 11.2. The van der Waals surface area contributed by atoms with E-state index >= 15 is 0 Å². The molecular formula is C18H14NP. The van der Waals surface area contributed by atoms with Crippen molar-refractivity contribution < 1.29 is 0 Å². The summed E-state index contributed by atoms with van der Waals surface area (Å²) in [5, 5.41) is 3.81. The van der Waals surface area contributed by atoms with Crippen molar-refractivity contribution in [3.05, 3.63) is 72.8 Å². The molecule has 0 bridgehead atoms. The second kappa shape index (κ2) is 4.47. The van der Waals surface area contributed by atoms with E-state index in [0.29, 0.717) is 0 Å². The van der Waals surface area contributed by atoms with Gasteiger partial charge in [-0.3, -0.25) is 0 Å². The van der Waals surface area contributed by atoms with Crippen LogP contribution >= 0.6 is 9.24 Å². The van der Waals surface area contributed by atoms with Gasteiger partial charge in [0.2, 0.25) is 0 Å². The lowest BCUT2D eigenvalue weighted by Crippen LogP contribution is -1.96. The highest BCUT2D eigenvalue weighted by molar-refractivity contribution is 7.27. The van der Waals surface area contributed by atoms with Gasteiger partial charge in [0.1, 0.15) is 0 Å². The predicted molar refractivity (Wildman–Crippen MR) is 90.1 cm³/mol. The summed E-state index contributed by atoms with van der Waals surface area (Å²) < 4.78 is 2.33. The van der Waals surface area contributed by atoms with Gasteiger partial charge in [-0.1, -0.05) is 48.5 Å². The summed E-state index contributed by atoms with van der Waals surface area (Å²) in [7, 11) is 2.73. The Morgan fingerprint density at radius 2 is 1.10 bits per heavy atom. The molecule has 0 spiro atoms. The Labute approximate surface area is 120 Å². The first-order valence-corrected chi connectivity index (χ1v) is 7.26. The summed E-state index contributed by atoms with van der Waals surface area (Å²) >= 11 is 0. The minimum atomic E-state index is 1.20. The van der Waals surface area contributed by atoms with Crippen LogP contribution in [0.5, 0.6) is 0 Å². The summed E-state index contributed by atoms with van der Waals surface area (Å²) in [6.45, 7) is 0. The number of fused-ring (bicyclic) bond motifs is 3. The van der Waals surface area contributed by atoms with Crippen LogP contribution in [0.25, 0.3) is 27.5 Å². The Bertz CT molecular complexity index is 850. The maximum Gasteiger partial charge on any atom is 0.0541 e. The summed E-state index contributed by atoms with van der Waals surface area (Å²) in [5.41, 5.74) is 3.71. The number of hydrogen-bond donors (Lipinski definition) is 0. The van der Waals surface area contributed by atoms with Crippen LogP contribution in [0.2, 0.25) is 0 Å². The summed E-state index contributed by atoms with van der Waals surface area (Å²) in [4.78, 5) is 0. The third kappa shape index (κ3) is 1.67. The highest BCUT2D eigenvalue weighted by Crippen LogP contribution is 2.31. The topological polar surface area (TPSA) is 4.93 Å². The molecule has 0 aliphatic carbocycles. The standard InChI is InChI=1S/C18H14NP/c20-14-11-9-13(10-12-14)19-17-7-3-1-5-15(17)16-6-2-4-8-18(16)19/h1-12H,20H2. The molecule has 3 aromatic carbocycles. The smallest absolute Gasteiger partial charge is 0.0541 e. The Balaban J connectivity index is 2.17. The lowest BCUT2D eigenvalue weighted by Gasteiger charge is -2.07. The molecule has 1 nitrogen and oxygen atoms in total. The molecule has 4 aromatic rings. The fraction of sp³-hybridized carbons (Fsp3) is 0. The molecule has 0 fully saturated rings. The number of benzene rings is 3. The molecule has 0 saturated carbocycles. The maximum absolute atomic E-state index is 2.73. The molecule has 20 heavy (non-hydrogen) atoms. The van der Waals surface area contributed by atoms with Crippen LogP contribution in [-0.4, -0.2) is 4.57 Å². The molecule has 4 rings (SSSR count). The van der Waals surface area contributed by atoms with Crippen molar-refractivity contribution in [2.45, 2.75) is 0 Å². The molecule has 1 heterocycles. The quantitative estimate of drug-likeness (QED) is 0.457. The third-order valence-electron chi connectivity index (χ3n) is 3.73. The van der Waals surface area contributed by atoms with Crippen LogP contribution < -0.4 is 5.30 Å². The first-order valence-electron chi connectivity index (χ1n) is 6.69. The number of hydrogen-bond acceptors (Lipinski definition) is 0. The average molecular weight is 275 g/mol. The van der Waals surface area contributed by atoms with Gasteiger partial charge in [-0.25, -0.2) is 0 Å². The van der Waals surface area contributed by atoms with Crippen molar-refractivity contribution >= 4 is 36.4 Å². The molecule has 0 aliphatic heterocycles. The molecule has 1 atom stereocenters. The van der Waals surface area contributed by atoms with Gasteiger partial charge in [0.05, 0.1) is 11.0 Å². The summed E-state index contributed by atoms with van der Waals surface area (Å²) in [6.07, 6.45) is 0. The van der Waals surface area contributed by atoms with Gasteiger partial charge in [0, 0.05) is 16.5 Å². The van der Waals surface area contributed by atoms with Crippen molar-refractivity contribution in [3.63, 3.8) is 0 Å². The van der Waals surface area contributed by atoms with Crippen LogP contribution in [0.1, 0.15) is 0 Å². The van der Waals surface area contributed by atoms with Crippen LogP contribution in [-0.2, 0) is 0 Å². The van der Waals surface area contributed by atoms with Gasteiger partial charge in [-0.15, -0.1) is 9.24 Å². The fourth-order valence-corrected chi connectivity index (χ4v) is 3.02. The molecule has 96 valence electrons. The second-order valence-electron chi connectivity index (χ2n) is 4.96. The third-order valence-corrected chi connectivity index (χ3v) is 4.12. The minimum absolute atomic E-state index is 1.20. The van der Waals surface area contributed by atoms with Crippen LogP contribution in [0, 0.1) is 0 Å². The van der Waals surface area contributed by atoms with Crippen molar-refractivity contribution in [2.75, 3.05) is 0 Å². The first-order chi connectivity index (χ1) is 9.84. The van der Waals surface area contributed by atoms with E-state index in [9.17, 15) is 0 Å². The van der Waals surface area contributed by atoms with Crippen LogP contribution in [0.4, 0.5) is 0 Å². The zero-order chi connectivity index (χ0) is 13.5. The van der Waals surface area contributed by atoms with E-state index in [4.69, 9.17) is 0 Å². The Morgan fingerprint density at radius 3 is 1.65 bits per heavy atom. The van der Waals surface area contributed by atoms with Crippen molar-refractivity contribution in [1.29, 1.82) is 0 Å². The van der Waals surface area contributed by atoms with Gasteiger partial charge in [0.15, 0.2) is 0 Å². The Morgan fingerprint density at radius 1 is 0.600 bits per heavy atom. The SMILES string of the molecule is Pc1ccc(-n2c3ccccc3c3ccccc32)cc1. The Kier molecular flexibility index (Phi) is 2.61. The molecule has 0 N–H and O–H groups in total. The van der Waals surface area contributed by atoms with E-state index in [-0.39, 0.29) is 0 Å². The number of aromatic nitrogens is 1. The zero-order valence-corrected chi connectivity index (χ0v) is 12.1. The maximum atomic E-state index is 2.73. The predicted octanol–water partition coefficient (Wildman–Crippen LogP) is 4.28. The highest BCUT2D eigenvalue weighted by atomic mass is 31.0.